The molecule has 1 fully saturated rings. The first kappa shape index (κ1) is 14.0. The third-order valence-electron chi connectivity index (χ3n) is 4.30. The van der Waals surface area contributed by atoms with Crippen LogP contribution in [0, 0.1) is 11.7 Å². The van der Waals surface area contributed by atoms with Crippen LogP contribution in [0.2, 0.25) is 0 Å². The molecule has 2 rings (SSSR count). The Morgan fingerprint density at radius 3 is 2.84 bits per heavy atom. The Labute approximate surface area is 113 Å². The molecule has 0 aliphatic heterocycles. The van der Waals surface area contributed by atoms with Crippen molar-refractivity contribution in [3.05, 3.63) is 35.6 Å². The van der Waals surface area contributed by atoms with Crippen molar-refractivity contribution in [2.75, 3.05) is 6.54 Å². The van der Waals surface area contributed by atoms with Crippen molar-refractivity contribution in [1.82, 2.24) is 5.32 Å². The summed E-state index contributed by atoms with van der Waals surface area (Å²) in [6.45, 7) is 2.50. The van der Waals surface area contributed by atoms with Gasteiger partial charge in [-0.2, -0.15) is 0 Å². The normalized spacial score (nSPS) is 27.0. The summed E-state index contributed by atoms with van der Waals surface area (Å²) in [7, 11) is 0. The van der Waals surface area contributed by atoms with E-state index >= 15 is 0 Å². The molecular formula is C15H21FN2O. The van der Waals surface area contributed by atoms with Crippen LogP contribution >= 0.6 is 0 Å². The molecule has 2 atom stereocenters. The van der Waals surface area contributed by atoms with E-state index in [0.29, 0.717) is 12.5 Å². The molecule has 1 amide bonds. The SMILES string of the molecule is CC1CCCCC1(CN)NC(=O)c1ccccc1F. The van der Waals surface area contributed by atoms with E-state index in [1.54, 1.807) is 12.1 Å². The summed E-state index contributed by atoms with van der Waals surface area (Å²) in [6.07, 6.45) is 4.14. The van der Waals surface area contributed by atoms with E-state index in [-0.39, 0.29) is 11.5 Å². The Hall–Kier alpha value is -1.42. The van der Waals surface area contributed by atoms with Crippen molar-refractivity contribution in [2.24, 2.45) is 11.7 Å². The van der Waals surface area contributed by atoms with E-state index in [1.807, 2.05) is 0 Å². The maximum absolute atomic E-state index is 13.6. The first-order valence-electron chi connectivity index (χ1n) is 6.86. The molecule has 1 aliphatic rings. The molecule has 104 valence electrons. The minimum atomic E-state index is -0.490. The molecule has 0 bridgehead atoms. The molecule has 3 N–H and O–H groups in total. The molecule has 4 heteroatoms. The van der Waals surface area contributed by atoms with Crippen LogP contribution in [-0.4, -0.2) is 18.0 Å². The molecule has 0 saturated heterocycles. The van der Waals surface area contributed by atoms with Crippen molar-refractivity contribution in [3.8, 4) is 0 Å². The molecule has 1 saturated carbocycles. The number of benzene rings is 1. The van der Waals surface area contributed by atoms with Gasteiger partial charge in [0.2, 0.25) is 0 Å². The summed E-state index contributed by atoms with van der Waals surface area (Å²) in [5.41, 5.74) is 5.58. The van der Waals surface area contributed by atoms with Crippen molar-refractivity contribution in [1.29, 1.82) is 0 Å². The topological polar surface area (TPSA) is 55.1 Å². The lowest BCUT2D eigenvalue weighted by Crippen LogP contribution is -2.59. The lowest BCUT2D eigenvalue weighted by molar-refractivity contribution is 0.0808. The number of amides is 1. The summed E-state index contributed by atoms with van der Waals surface area (Å²) in [5, 5.41) is 2.98. The highest BCUT2D eigenvalue weighted by molar-refractivity contribution is 5.95. The summed E-state index contributed by atoms with van der Waals surface area (Å²) in [6, 6.07) is 6.04. The van der Waals surface area contributed by atoms with E-state index in [4.69, 9.17) is 5.73 Å². The zero-order valence-electron chi connectivity index (χ0n) is 11.3. The highest BCUT2D eigenvalue weighted by Crippen LogP contribution is 2.33. The fourth-order valence-corrected chi connectivity index (χ4v) is 2.89. The third-order valence-corrected chi connectivity index (χ3v) is 4.30. The van der Waals surface area contributed by atoms with Gasteiger partial charge in [-0.3, -0.25) is 4.79 Å². The van der Waals surface area contributed by atoms with Gasteiger partial charge in [-0.15, -0.1) is 0 Å². The highest BCUT2D eigenvalue weighted by Gasteiger charge is 2.38. The fourth-order valence-electron chi connectivity index (χ4n) is 2.89. The van der Waals surface area contributed by atoms with Crippen molar-refractivity contribution < 1.29 is 9.18 Å². The van der Waals surface area contributed by atoms with Crippen LogP contribution in [0.15, 0.2) is 24.3 Å². The Morgan fingerprint density at radius 1 is 1.47 bits per heavy atom. The van der Waals surface area contributed by atoms with E-state index in [9.17, 15) is 9.18 Å². The smallest absolute Gasteiger partial charge is 0.254 e. The number of halogens is 1. The van der Waals surface area contributed by atoms with Crippen LogP contribution in [0.3, 0.4) is 0 Å². The fraction of sp³-hybridized carbons (Fsp3) is 0.533. The van der Waals surface area contributed by atoms with E-state index < -0.39 is 11.4 Å². The van der Waals surface area contributed by atoms with E-state index in [2.05, 4.69) is 12.2 Å². The molecule has 1 aromatic rings. The van der Waals surface area contributed by atoms with Crippen LogP contribution < -0.4 is 11.1 Å². The zero-order chi connectivity index (χ0) is 13.9. The number of nitrogens with two attached hydrogens (primary N) is 1. The summed E-state index contributed by atoms with van der Waals surface area (Å²) < 4.78 is 13.6. The highest BCUT2D eigenvalue weighted by atomic mass is 19.1. The lowest BCUT2D eigenvalue weighted by atomic mass is 9.73. The molecule has 1 aliphatic carbocycles. The average molecular weight is 264 g/mol. The summed E-state index contributed by atoms with van der Waals surface area (Å²) in [4.78, 5) is 12.2. The van der Waals surface area contributed by atoms with Crippen LogP contribution in [-0.2, 0) is 0 Å². The second kappa shape index (κ2) is 5.70. The quantitative estimate of drug-likeness (QED) is 0.881. The summed E-state index contributed by atoms with van der Waals surface area (Å²) in [5.74, 6) is -0.532. The van der Waals surface area contributed by atoms with Crippen molar-refractivity contribution >= 4 is 5.91 Å². The second-order valence-electron chi connectivity index (χ2n) is 5.44. The summed E-state index contributed by atoms with van der Waals surface area (Å²) >= 11 is 0. The van der Waals surface area contributed by atoms with Gasteiger partial charge in [0.1, 0.15) is 5.82 Å². The molecule has 3 nitrogen and oxygen atoms in total. The average Bonchev–Trinajstić information content (AvgIpc) is 2.42. The van der Waals surface area contributed by atoms with Gasteiger partial charge in [0, 0.05) is 6.54 Å². The number of carbonyl (C=O) groups excluding carboxylic acids is 1. The second-order valence-corrected chi connectivity index (χ2v) is 5.44. The monoisotopic (exact) mass is 264 g/mol. The number of hydrogen-bond donors (Lipinski definition) is 2. The molecule has 0 radical (unpaired) electrons. The van der Waals surface area contributed by atoms with Crippen LogP contribution in [0.1, 0.15) is 43.0 Å². The van der Waals surface area contributed by atoms with E-state index in [1.165, 1.54) is 18.6 Å². The largest absolute Gasteiger partial charge is 0.345 e. The molecule has 1 aromatic carbocycles. The van der Waals surface area contributed by atoms with E-state index in [0.717, 1.165) is 19.3 Å². The van der Waals surface area contributed by atoms with Gasteiger partial charge in [-0.05, 0) is 30.9 Å². The van der Waals surface area contributed by atoms with Gasteiger partial charge >= 0.3 is 0 Å². The minimum absolute atomic E-state index is 0.0908. The maximum Gasteiger partial charge on any atom is 0.254 e. The number of carbonyl (C=O) groups is 1. The molecule has 0 spiro atoms. The minimum Gasteiger partial charge on any atom is -0.345 e. The first-order valence-corrected chi connectivity index (χ1v) is 6.86. The molecule has 2 unspecified atom stereocenters. The van der Waals surface area contributed by atoms with Gasteiger partial charge < -0.3 is 11.1 Å². The van der Waals surface area contributed by atoms with Crippen molar-refractivity contribution in [3.63, 3.8) is 0 Å². The van der Waals surface area contributed by atoms with Gasteiger partial charge in [0.15, 0.2) is 0 Å². The van der Waals surface area contributed by atoms with Gasteiger partial charge in [0.05, 0.1) is 11.1 Å². The molecule has 19 heavy (non-hydrogen) atoms. The Morgan fingerprint density at radius 2 is 2.21 bits per heavy atom. The predicted octanol–water partition coefficient (Wildman–Crippen LogP) is 2.46. The number of hydrogen-bond acceptors (Lipinski definition) is 2. The maximum atomic E-state index is 13.6. The molecule has 0 aromatic heterocycles. The Balaban J connectivity index is 2.19. The first-order chi connectivity index (χ1) is 9.09. The van der Waals surface area contributed by atoms with Crippen LogP contribution in [0.25, 0.3) is 0 Å². The molecular weight excluding hydrogens is 243 g/mol. The Kier molecular flexibility index (Phi) is 4.20. The van der Waals surface area contributed by atoms with Crippen molar-refractivity contribution in [2.45, 2.75) is 38.1 Å². The number of nitrogens with one attached hydrogen (secondary N) is 1. The molecule has 0 heterocycles. The van der Waals surface area contributed by atoms with Crippen LogP contribution in [0.4, 0.5) is 4.39 Å². The van der Waals surface area contributed by atoms with Gasteiger partial charge in [-0.1, -0.05) is 31.9 Å². The van der Waals surface area contributed by atoms with Crippen LogP contribution in [0.5, 0.6) is 0 Å². The predicted molar refractivity (Wildman–Crippen MR) is 73.3 cm³/mol. The standard InChI is InChI=1S/C15H21FN2O/c1-11-6-4-5-9-15(11,10-17)18-14(19)12-7-2-3-8-13(12)16/h2-3,7-8,11H,4-6,9-10,17H2,1H3,(H,18,19). The third kappa shape index (κ3) is 2.78. The number of rotatable bonds is 3. The van der Waals surface area contributed by atoms with Gasteiger partial charge in [-0.25, -0.2) is 4.39 Å². The lowest BCUT2D eigenvalue weighted by Gasteiger charge is -2.42. The van der Waals surface area contributed by atoms with Gasteiger partial charge in [0.25, 0.3) is 5.91 Å². The zero-order valence-corrected chi connectivity index (χ0v) is 11.3. The Bertz CT molecular complexity index is 463.